The minimum atomic E-state index is -0.556. The van der Waals surface area contributed by atoms with Gasteiger partial charge in [0, 0.05) is 21.5 Å². The summed E-state index contributed by atoms with van der Waals surface area (Å²) >= 11 is 6.61. The summed E-state index contributed by atoms with van der Waals surface area (Å²) in [7, 11) is 0. The quantitative estimate of drug-likeness (QED) is 0.132. The van der Waals surface area contributed by atoms with Crippen molar-refractivity contribution < 1.29 is 28.5 Å². The topological polar surface area (TPSA) is 71.1 Å². The predicted octanol–water partition coefficient (Wildman–Crippen LogP) is 6.62. The van der Waals surface area contributed by atoms with E-state index in [2.05, 4.69) is 0 Å². The van der Waals surface area contributed by atoms with Gasteiger partial charge in [-0.1, -0.05) is 84.4 Å². The van der Waals surface area contributed by atoms with Crippen molar-refractivity contribution in [3.05, 3.63) is 108 Å². The normalized spacial score (nSPS) is 10.7. The van der Waals surface area contributed by atoms with Crippen LogP contribution in [0.15, 0.2) is 103 Å². The first-order chi connectivity index (χ1) is 18.1. The molecule has 0 aliphatic heterocycles. The van der Waals surface area contributed by atoms with E-state index in [-0.39, 0.29) is 13.2 Å². The van der Waals surface area contributed by atoms with E-state index < -0.39 is 11.9 Å². The maximum absolute atomic E-state index is 12.5. The second-order valence-corrected chi connectivity index (χ2v) is 8.43. The molecule has 5 aromatic carbocycles. The second kappa shape index (κ2) is 11.0. The van der Waals surface area contributed by atoms with Crippen molar-refractivity contribution in [2.24, 2.45) is 0 Å². The summed E-state index contributed by atoms with van der Waals surface area (Å²) in [6, 6.07) is 30.2. The van der Waals surface area contributed by atoms with Gasteiger partial charge in [-0.2, -0.15) is 0 Å². The third-order valence-corrected chi connectivity index (χ3v) is 5.84. The lowest BCUT2D eigenvalue weighted by Gasteiger charge is -2.18. The molecule has 0 heterocycles. The molecule has 7 heteroatoms. The van der Waals surface area contributed by atoms with E-state index in [0.29, 0.717) is 49.6 Å². The van der Waals surface area contributed by atoms with Crippen LogP contribution in [0.1, 0.15) is 0 Å². The lowest BCUT2D eigenvalue weighted by molar-refractivity contribution is -0.137. The van der Waals surface area contributed by atoms with Crippen LogP contribution < -0.4 is 18.9 Å². The second-order valence-electron chi connectivity index (χ2n) is 8.02. The summed E-state index contributed by atoms with van der Waals surface area (Å²) in [4.78, 5) is 25.0. The van der Waals surface area contributed by atoms with E-state index in [9.17, 15) is 9.59 Å². The number of halogens is 1. The highest BCUT2D eigenvalue weighted by Gasteiger charge is 2.20. The van der Waals surface area contributed by atoms with Crippen molar-refractivity contribution in [2.45, 2.75) is 0 Å². The van der Waals surface area contributed by atoms with Gasteiger partial charge >= 0.3 is 11.9 Å². The molecule has 0 spiro atoms. The fourth-order valence-corrected chi connectivity index (χ4v) is 4.23. The lowest BCUT2D eigenvalue weighted by atomic mass is 10.0. The minimum Gasteiger partial charge on any atom is -0.481 e. The molecule has 0 amide bonds. The number of fused-ring (bicyclic) bond motifs is 2. The lowest BCUT2D eigenvalue weighted by Crippen LogP contribution is -2.19. The molecule has 5 aromatic rings. The van der Waals surface area contributed by atoms with Crippen molar-refractivity contribution in [2.75, 3.05) is 13.2 Å². The standard InChI is InChI=1S/C30H21ClO6/c31-25-17-9-16-24-28(25)30(35-19-27(33)37-21-12-5-2-6-13-21)23-15-8-7-14-22(23)29(24)34-18-26(32)36-20-10-3-1-4-11-20/h1-17H,18-19H2. The van der Waals surface area contributed by atoms with Crippen LogP contribution in [-0.2, 0) is 9.59 Å². The fourth-order valence-electron chi connectivity index (χ4n) is 3.97. The average Bonchev–Trinajstić information content (AvgIpc) is 2.92. The summed E-state index contributed by atoms with van der Waals surface area (Å²) in [6.45, 7) is -0.646. The van der Waals surface area contributed by atoms with Gasteiger partial charge in [0.2, 0.25) is 0 Å². The molecular weight excluding hydrogens is 492 g/mol. The molecule has 6 nitrogen and oxygen atoms in total. The van der Waals surface area contributed by atoms with E-state index in [4.69, 9.17) is 30.5 Å². The number of ether oxygens (including phenoxy) is 4. The van der Waals surface area contributed by atoms with Crippen molar-refractivity contribution in [3.63, 3.8) is 0 Å². The Morgan fingerprint density at radius 3 is 1.57 bits per heavy atom. The molecule has 0 saturated heterocycles. The van der Waals surface area contributed by atoms with Crippen LogP contribution in [0, 0.1) is 0 Å². The van der Waals surface area contributed by atoms with E-state index in [1.54, 1.807) is 60.7 Å². The first-order valence-corrected chi connectivity index (χ1v) is 11.9. The van der Waals surface area contributed by atoms with Gasteiger partial charge < -0.3 is 18.9 Å². The Labute approximate surface area is 217 Å². The molecule has 0 unspecified atom stereocenters. The zero-order valence-corrected chi connectivity index (χ0v) is 20.3. The number of para-hydroxylation sites is 2. The van der Waals surface area contributed by atoms with Gasteiger partial charge in [-0.3, -0.25) is 0 Å². The van der Waals surface area contributed by atoms with E-state index in [1.807, 2.05) is 42.5 Å². The first kappa shape index (κ1) is 24.2. The molecule has 0 atom stereocenters. The molecule has 0 N–H and O–H groups in total. The molecule has 0 aliphatic carbocycles. The van der Waals surface area contributed by atoms with Gasteiger partial charge in [0.25, 0.3) is 0 Å². The van der Waals surface area contributed by atoms with Crippen LogP contribution in [0.2, 0.25) is 5.02 Å². The first-order valence-electron chi connectivity index (χ1n) is 11.5. The third-order valence-electron chi connectivity index (χ3n) is 5.52. The third kappa shape index (κ3) is 5.50. The van der Waals surface area contributed by atoms with Gasteiger partial charge in [0.05, 0.1) is 5.02 Å². The molecule has 0 aliphatic rings. The molecule has 0 fully saturated rings. The molecular formula is C30H21ClO6. The molecule has 0 bridgehead atoms. The van der Waals surface area contributed by atoms with Crippen LogP contribution in [0.25, 0.3) is 21.5 Å². The fraction of sp³-hybridized carbons (Fsp3) is 0.0667. The van der Waals surface area contributed by atoms with Gasteiger partial charge in [-0.25, -0.2) is 9.59 Å². The summed E-state index contributed by atoms with van der Waals surface area (Å²) in [5.74, 6) is 0.627. The smallest absolute Gasteiger partial charge is 0.349 e. The van der Waals surface area contributed by atoms with Gasteiger partial charge in [-0.05, 0) is 30.3 Å². The van der Waals surface area contributed by atoms with Gasteiger partial charge in [0.15, 0.2) is 13.2 Å². The Morgan fingerprint density at radius 2 is 1.00 bits per heavy atom. The monoisotopic (exact) mass is 512 g/mol. The van der Waals surface area contributed by atoms with Crippen LogP contribution >= 0.6 is 11.6 Å². The van der Waals surface area contributed by atoms with Crippen molar-refractivity contribution in [1.82, 2.24) is 0 Å². The Morgan fingerprint density at radius 1 is 0.541 bits per heavy atom. The van der Waals surface area contributed by atoms with Crippen molar-refractivity contribution >= 4 is 45.1 Å². The number of hydrogen-bond donors (Lipinski definition) is 0. The maximum Gasteiger partial charge on any atom is 0.349 e. The van der Waals surface area contributed by atoms with Gasteiger partial charge in [-0.15, -0.1) is 0 Å². The van der Waals surface area contributed by atoms with E-state index in [1.165, 1.54) is 0 Å². The number of carbonyl (C=O) groups excluding carboxylic acids is 2. The van der Waals surface area contributed by atoms with E-state index >= 15 is 0 Å². The van der Waals surface area contributed by atoms with Crippen molar-refractivity contribution in [3.8, 4) is 23.0 Å². The zero-order chi connectivity index (χ0) is 25.6. The Kier molecular flexibility index (Phi) is 7.19. The average molecular weight is 513 g/mol. The molecule has 5 rings (SSSR count). The SMILES string of the molecule is O=C(COc1c2ccccc2c(OCC(=O)Oc2ccccc2)c2c(Cl)cccc12)Oc1ccccc1. The molecule has 37 heavy (non-hydrogen) atoms. The molecule has 184 valence electrons. The maximum atomic E-state index is 12.5. The largest absolute Gasteiger partial charge is 0.481 e. The minimum absolute atomic E-state index is 0.315. The number of esters is 2. The van der Waals surface area contributed by atoms with Crippen molar-refractivity contribution in [1.29, 1.82) is 0 Å². The number of rotatable bonds is 8. The predicted molar refractivity (Wildman–Crippen MR) is 142 cm³/mol. The summed E-state index contributed by atoms with van der Waals surface area (Å²) in [5.41, 5.74) is 0. The Hall–Kier alpha value is -4.55. The summed E-state index contributed by atoms with van der Waals surface area (Å²) in [5, 5.41) is 2.96. The molecule has 0 radical (unpaired) electrons. The number of benzene rings is 5. The molecule has 0 saturated carbocycles. The Balaban J connectivity index is 1.46. The van der Waals surface area contributed by atoms with E-state index in [0.717, 1.165) is 0 Å². The van der Waals surface area contributed by atoms with Crippen LogP contribution in [0.4, 0.5) is 0 Å². The molecule has 0 aromatic heterocycles. The number of carbonyl (C=O) groups is 2. The Bertz CT molecular complexity index is 1570. The van der Waals surface area contributed by atoms with Crippen LogP contribution in [0.3, 0.4) is 0 Å². The highest BCUT2D eigenvalue weighted by Crippen LogP contribution is 2.45. The highest BCUT2D eigenvalue weighted by molar-refractivity contribution is 6.37. The van der Waals surface area contributed by atoms with Crippen LogP contribution in [-0.4, -0.2) is 25.2 Å². The highest BCUT2D eigenvalue weighted by atomic mass is 35.5. The van der Waals surface area contributed by atoms with Crippen LogP contribution in [0.5, 0.6) is 23.0 Å². The summed E-state index contributed by atoms with van der Waals surface area (Å²) < 4.78 is 22.7. The zero-order valence-electron chi connectivity index (χ0n) is 19.6. The number of hydrogen-bond acceptors (Lipinski definition) is 6. The van der Waals surface area contributed by atoms with Gasteiger partial charge in [0.1, 0.15) is 23.0 Å². The summed E-state index contributed by atoms with van der Waals surface area (Å²) in [6.07, 6.45) is 0.